The topological polar surface area (TPSA) is 79.7 Å². The number of carbonyl (C=O) groups is 1. The molecule has 2 N–H and O–H groups in total. The van der Waals surface area contributed by atoms with Gasteiger partial charge in [0.15, 0.2) is 0 Å². The molecule has 0 atom stereocenters. The highest BCUT2D eigenvalue weighted by Gasteiger charge is 2.41. The Morgan fingerprint density at radius 3 is 2.29 bits per heavy atom. The largest absolute Gasteiger partial charge is 0.444 e. The van der Waals surface area contributed by atoms with Crippen LogP contribution in [0.1, 0.15) is 33.6 Å². The molecule has 2 aromatic carbocycles. The van der Waals surface area contributed by atoms with Crippen LogP contribution in [0.3, 0.4) is 0 Å². The summed E-state index contributed by atoms with van der Waals surface area (Å²) in [5, 5.41) is 0. The van der Waals surface area contributed by atoms with Crippen molar-refractivity contribution in [3.63, 3.8) is 0 Å². The Labute approximate surface area is 204 Å². The van der Waals surface area contributed by atoms with Crippen molar-refractivity contribution in [3.05, 3.63) is 54.6 Å². The van der Waals surface area contributed by atoms with Crippen LogP contribution in [0.15, 0.2) is 54.6 Å². The first-order chi connectivity index (χ1) is 16.2. The molecule has 34 heavy (non-hydrogen) atoms. The first-order valence-electron chi connectivity index (χ1n) is 11.9. The summed E-state index contributed by atoms with van der Waals surface area (Å²) in [6, 6.07) is 17.2. The Morgan fingerprint density at radius 2 is 1.59 bits per heavy atom. The van der Waals surface area contributed by atoms with E-state index < -0.39 is 16.6 Å². The molecular weight excluding hydrogens is 452 g/mol. The zero-order valence-corrected chi connectivity index (χ0v) is 21.1. The molecule has 9 heteroatoms. The maximum absolute atomic E-state index is 12.4. The summed E-state index contributed by atoms with van der Waals surface area (Å²) in [6.07, 6.45) is 1.42. The first-order valence-corrected chi connectivity index (χ1v) is 13.3. The number of ether oxygens (including phenoxy) is 1. The second-order valence-electron chi connectivity index (χ2n) is 9.73. The SMILES string of the molecule is CC(C)(C)OC(=O)N1CCCN(CCCN2c3ccccc3N(c3ccccc3)S2(O)O)CC1. The van der Waals surface area contributed by atoms with Gasteiger partial charge in [0.2, 0.25) is 0 Å². The Balaban J connectivity index is 1.37. The van der Waals surface area contributed by atoms with Crippen molar-refractivity contribution in [1.82, 2.24) is 9.80 Å². The monoisotopic (exact) mass is 488 g/mol. The van der Waals surface area contributed by atoms with Crippen molar-refractivity contribution in [2.75, 3.05) is 47.9 Å². The van der Waals surface area contributed by atoms with Gasteiger partial charge in [0.1, 0.15) is 5.60 Å². The normalized spacial score (nSPS) is 19.5. The number of benzene rings is 2. The summed E-state index contributed by atoms with van der Waals surface area (Å²) in [5.74, 6) is 0. The van der Waals surface area contributed by atoms with Gasteiger partial charge in [-0.2, -0.15) is 0 Å². The van der Waals surface area contributed by atoms with Crippen LogP contribution >= 0.6 is 11.0 Å². The van der Waals surface area contributed by atoms with E-state index in [1.807, 2.05) is 75.4 Å². The van der Waals surface area contributed by atoms with Gasteiger partial charge in [0.05, 0.1) is 17.1 Å². The standard InChI is InChI=1S/C25H36N4O4S/c1-25(2,3)33-24(30)27-17-9-15-26(19-20-27)16-10-18-28-22-13-7-8-14-23(22)29(34(28,31)32)21-11-5-4-6-12-21/h4-8,11-14,31-32H,9-10,15-20H2,1-3H3. The van der Waals surface area contributed by atoms with Gasteiger partial charge < -0.3 is 14.5 Å². The van der Waals surface area contributed by atoms with Gasteiger partial charge in [-0.3, -0.25) is 13.4 Å². The molecule has 1 amide bonds. The molecule has 0 unspecified atom stereocenters. The molecule has 2 aromatic rings. The summed E-state index contributed by atoms with van der Waals surface area (Å²) in [5.41, 5.74) is 1.90. The molecular formula is C25H36N4O4S. The number of nitrogens with zero attached hydrogens (tertiary/aromatic N) is 4. The minimum atomic E-state index is -3.21. The van der Waals surface area contributed by atoms with Gasteiger partial charge in [0, 0.05) is 26.2 Å². The molecule has 0 spiro atoms. The van der Waals surface area contributed by atoms with Crippen LogP contribution in [0, 0.1) is 0 Å². The van der Waals surface area contributed by atoms with Gasteiger partial charge in [-0.15, -0.1) is 0 Å². The lowest BCUT2D eigenvalue weighted by atomic mass is 10.2. The van der Waals surface area contributed by atoms with Crippen molar-refractivity contribution in [2.24, 2.45) is 0 Å². The van der Waals surface area contributed by atoms with E-state index in [4.69, 9.17) is 4.74 Å². The van der Waals surface area contributed by atoms with E-state index in [1.165, 1.54) is 0 Å². The molecule has 0 bridgehead atoms. The molecule has 4 rings (SSSR count). The lowest BCUT2D eigenvalue weighted by Gasteiger charge is -2.44. The van der Waals surface area contributed by atoms with Crippen LogP contribution in [0.4, 0.5) is 21.9 Å². The number of hydrogen-bond acceptors (Lipinski definition) is 7. The third-order valence-electron chi connectivity index (χ3n) is 5.98. The van der Waals surface area contributed by atoms with E-state index in [-0.39, 0.29) is 6.09 Å². The molecule has 0 radical (unpaired) electrons. The van der Waals surface area contributed by atoms with Crippen LogP contribution < -0.4 is 8.61 Å². The number of hydrogen-bond donors (Lipinski definition) is 2. The predicted octanol–water partition coefficient (Wildman–Crippen LogP) is 5.56. The van der Waals surface area contributed by atoms with Crippen molar-refractivity contribution in [2.45, 2.75) is 39.2 Å². The van der Waals surface area contributed by atoms with E-state index in [1.54, 1.807) is 13.5 Å². The molecule has 2 heterocycles. The summed E-state index contributed by atoms with van der Waals surface area (Å²) >= 11 is 0. The van der Waals surface area contributed by atoms with E-state index in [9.17, 15) is 13.9 Å². The third kappa shape index (κ3) is 5.43. The maximum atomic E-state index is 12.4. The fourth-order valence-electron chi connectivity index (χ4n) is 4.44. The van der Waals surface area contributed by atoms with Gasteiger partial charge in [-0.1, -0.05) is 30.3 Å². The minimum absolute atomic E-state index is 0.252. The van der Waals surface area contributed by atoms with Gasteiger partial charge in [-0.05, 0) is 81.9 Å². The molecule has 1 fully saturated rings. The molecule has 2 aliphatic rings. The Hall–Kier alpha value is -2.46. The molecule has 0 aromatic heterocycles. The molecule has 0 saturated carbocycles. The second kappa shape index (κ2) is 10.0. The van der Waals surface area contributed by atoms with E-state index in [0.717, 1.165) is 49.5 Å². The van der Waals surface area contributed by atoms with Crippen molar-refractivity contribution >= 4 is 34.1 Å². The molecule has 2 aliphatic heterocycles. The van der Waals surface area contributed by atoms with Crippen LogP contribution in [0.2, 0.25) is 0 Å². The van der Waals surface area contributed by atoms with Crippen LogP contribution in [0.25, 0.3) is 0 Å². The third-order valence-corrected chi connectivity index (χ3v) is 7.84. The van der Waals surface area contributed by atoms with Crippen LogP contribution in [-0.2, 0) is 4.74 Å². The summed E-state index contributed by atoms with van der Waals surface area (Å²) in [7, 11) is -3.21. The van der Waals surface area contributed by atoms with Crippen LogP contribution in [0.5, 0.6) is 0 Å². The Morgan fingerprint density at radius 1 is 0.912 bits per heavy atom. The molecule has 1 saturated heterocycles. The molecule has 186 valence electrons. The number of anilines is 3. The Kier molecular flexibility index (Phi) is 7.28. The van der Waals surface area contributed by atoms with Crippen molar-refractivity contribution < 1.29 is 18.6 Å². The average Bonchev–Trinajstić information content (AvgIpc) is 2.91. The summed E-state index contributed by atoms with van der Waals surface area (Å²) < 4.78 is 31.5. The van der Waals surface area contributed by atoms with E-state index in [0.29, 0.717) is 19.6 Å². The minimum Gasteiger partial charge on any atom is -0.444 e. The number of amides is 1. The van der Waals surface area contributed by atoms with Gasteiger partial charge in [0.25, 0.3) is 0 Å². The van der Waals surface area contributed by atoms with Gasteiger partial charge >= 0.3 is 6.09 Å². The summed E-state index contributed by atoms with van der Waals surface area (Å²) in [6.45, 7) is 10.0. The van der Waals surface area contributed by atoms with E-state index in [2.05, 4.69) is 4.90 Å². The smallest absolute Gasteiger partial charge is 0.410 e. The second-order valence-corrected chi connectivity index (χ2v) is 11.5. The number of fused-ring (bicyclic) bond motifs is 1. The zero-order valence-electron chi connectivity index (χ0n) is 20.3. The maximum Gasteiger partial charge on any atom is 0.410 e. The highest BCUT2D eigenvalue weighted by atomic mass is 32.3. The number of carbonyl (C=O) groups excluding carboxylic acids is 1. The lowest BCUT2D eigenvalue weighted by molar-refractivity contribution is 0.0257. The van der Waals surface area contributed by atoms with Crippen LogP contribution in [-0.4, -0.2) is 69.9 Å². The predicted molar refractivity (Wildman–Crippen MR) is 139 cm³/mol. The summed E-state index contributed by atoms with van der Waals surface area (Å²) in [4.78, 5) is 16.5. The Bertz CT molecular complexity index is 982. The quantitative estimate of drug-likeness (QED) is 0.570. The first kappa shape index (κ1) is 24.7. The van der Waals surface area contributed by atoms with Crippen molar-refractivity contribution in [1.29, 1.82) is 0 Å². The highest BCUT2D eigenvalue weighted by Crippen LogP contribution is 2.63. The average molecular weight is 489 g/mol. The molecule has 8 nitrogen and oxygen atoms in total. The highest BCUT2D eigenvalue weighted by molar-refractivity contribution is 8.27. The van der Waals surface area contributed by atoms with Gasteiger partial charge in [-0.25, -0.2) is 9.10 Å². The molecule has 0 aliphatic carbocycles. The van der Waals surface area contributed by atoms with Crippen molar-refractivity contribution in [3.8, 4) is 0 Å². The number of rotatable bonds is 5. The lowest BCUT2D eigenvalue weighted by Crippen LogP contribution is -2.39. The number of para-hydroxylation sites is 3. The zero-order chi connectivity index (χ0) is 24.3. The fourth-order valence-corrected chi connectivity index (χ4v) is 6.25. The fraction of sp³-hybridized carbons (Fsp3) is 0.480. The van der Waals surface area contributed by atoms with E-state index >= 15 is 0 Å².